The number of methoxy groups -OCH3 is 1. The van der Waals surface area contributed by atoms with Crippen LogP contribution in [0.5, 0.6) is 5.75 Å². The lowest BCUT2D eigenvalue weighted by Gasteiger charge is -2.20. The van der Waals surface area contributed by atoms with Crippen LogP contribution in [0.1, 0.15) is 13.8 Å². The maximum Gasteiger partial charge on any atom is 0.343 e. The molecule has 2 rings (SSSR count). The molecule has 1 aliphatic rings. The van der Waals surface area contributed by atoms with Crippen molar-refractivity contribution < 1.29 is 28.8 Å². The van der Waals surface area contributed by atoms with E-state index < -0.39 is 17.8 Å². The molecule has 9 heteroatoms. The highest BCUT2D eigenvalue weighted by Crippen LogP contribution is 2.24. The van der Waals surface area contributed by atoms with Crippen LogP contribution in [0.2, 0.25) is 0 Å². The molecule has 0 aliphatic carbocycles. The van der Waals surface area contributed by atoms with Crippen molar-refractivity contribution >= 4 is 29.4 Å². The van der Waals surface area contributed by atoms with Crippen molar-refractivity contribution in [1.82, 2.24) is 10.2 Å². The lowest BCUT2D eigenvalue weighted by atomic mass is 10.3. The minimum Gasteiger partial charge on any atom is -0.497 e. The Morgan fingerprint density at radius 3 is 2.31 bits per heavy atom. The normalized spacial score (nSPS) is 15.7. The van der Waals surface area contributed by atoms with Crippen molar-refractivity contribution in [2.45, 2.75) is 19.9 Å². The van der Waals surface area contributed by atoms with Crippen molar-refractivity contribution in [2.24, 2.45) is 0 Å². The second-order valence-electron chi connectivity index (χ2n) is 6.37. The van der Waals surface area contributed by atoms with E-state index in [9.17, 15) is 19.2 Å². The van der Waals surface area contributed by atoms with Crippen molar-refractivity contribution in [1.29, 1.82) is 0 Å². The Balaban J connectivity index is 2.08. The summed E-state index contributed by atoms with van der Waals surface area (Å²) in [4.78, 5) is 51.0. The predicted octanol–water partition coefficient (Wildman–Crippen LogP) is -1.01. The van der Waals surface area contributed by atoms with E-state index in [-0.39, 0.29) is 30.8 Å². The average Bonchev–Trinajstić information content (AvgIpc) is 2.78. The lowest BCUT2D eigenvalue weighted by molar-refractivity contribution is -0.879. The van der Waals surface area contributed by atoms with Crippen LogP contribution in [-0.4, -0.2) is 62.1 Å². The van der Waals surface area contributed by atoms with Crippen molar-refractivity contribution in [3.63, 3.8) is 0 Å². The van der Waals surface area contributed by atoms with Crippen molar-refractivity contribution in [3.05, 3.63) is 24.3 Å². The quantitative estimate of drug-likeness (QED) is 0.477. The maximum absolute atomic E-state index is 12.5. The van der Waals surface area contributed by atoms with Gasteiger partial charge in [0, 0.05) is 6.04 Å². The highest BCUT2D eigenvalue weighted by Gasteiger charge is 2.46. The second kappa shape index (κ2) is 7.96. The van der Waals surface area contributed by atoms with Crippen LogP contribution >= 0.6 is 0 Å². The number of hydrogen-bond acceptors (Lipinski definition) is 5. The van der Waals surface area contributed by atoms with Gasteiger partial charge in [-0.2, -0.15) is 0 Å². The summed E-state index contributed by atoms with van der Waals surface area (Å²) in [7, 11) is 3.17. The summed E-state index contributed by atoms with van der Waals surface area (Å²) in [5.74, 6) is -1.46. The largest absolute Gasteiger partial charge is 0.497 e. The van der Waals surface area contributed by atoms with Crippen LogP contribution in [0, 0.1) is 0 Å². The van der Waals surface area contributed by atoms with Gasteiger partial charge < -0.3 is 15.0 Å². The Morgan fingerprint density at radius 1 is 1.15 bits per heavy atom. The van der Waals surface area contributed by atoms with Crippen LogP contribution in [0.4, 0.5) is 10.5 Å². The third-order valence-electron chi connectivity index (χ3n) is 3.72. The number of benzene rings is 1. The van der Waals surface area contributed by atoms with Gasteiger partial charge in [0.25, 0.3) is 5.91 Å². The first-order valence-electron chi connectivity index (χ1n) is 8.19. The fraction of sp³-hybridized carbons (Fsp3) is 0.412. The van der Waals surface area contributed by atoms with Crippen molar-refractivity contribution in [2.75, 3.05) is 32.3 Å². The number of anilines is 1. The molecule has 1 aliphatic heterocycles. The first kappa shape index (κ1) is 19.4. The third kappa shape index (κ3) is 4.17. The molecule has 0 spiro atoms. The van der Waals surface area contributed by atoms with E-state index in [1.807, 2.05) is 13.8 Å². The standard InChI is InChI=1S/C17H22N4O5/c1-11(2)18-14(22)9-19(3)10-20-15(23)16(24)21(17(20)25)12-5-7-13(26-4)8-6-12/h5-8,11H,9-10H2,1-4H3,(H,18,22)/p+1. The van der Waals surface area contributed by atoms with Gasteiger partial charge in [0.05, 0.1) is 19.8 Å². The van der Waals surface area contributed by atoms with Crippen LogP contribution in [0.15, 0.2) is 24.3 Å². The summed E-state index contributed by atoms with van der Waals surface area (Å²) in [5.41, 5.74) is 0.284. The topological polar surface area (TPSA) is 100 Å². The number of imide groups is 2. The van der Waals surface area contributed by atoms with Gasteiger partial charge in [0.2, 0.25) is 0 Å². The SMILES string of the molecule is COc1ccc(N2C(=O)C(=O)N(C[NH+](C)CC(=O)NC(C)C)C2=O)cc1. The predicted molar refractivity (Wildman–Crippen MR) is 92.6 cm³/mol. The third-order valence-corrected chi connectivity index (χ3v) is 3.72. The number of likely N-dealkylation sites (N-methyl/N-ethyl adjacent to an activating group) is 1. The Labute approximate surface area is 151 Å². The minimum atomic E-state index is -0.917. The smallest absolute Gasteiger partial charge is 0.343 e. The second-order valence-corrected chi connectivity index (χ2v) is 6.37. The summed E-state index contributed by atoms with van der Waals surface area (Å²) < 4.78 is 5.04. The highest BCUT2D eigenvalue weighted by molar-refractivity contribution is 6.52. The molecule has 1 heterocycles. The monoisotopic (exact) mass is 363 g/mol. The molecule has 5 amide bonds. The summed E-state index contributed by atoms with van der Waals surface area (Å²) in [5, 5.41) is 2.74. The molecular weight excluding hydrogens is 340 g/mol. The summed E-state index contributed by atoms with van der Waals surface area (Å²) in [6.07, 6.45) is 0. The van der Waals surface area contributed by atoms with E-state index >= 15 is 0 Å². The number of amides is 5. The van der Waals surface area contributed by atoms with Gasteiger partial charge >= 0.3 is 17.8 Å². The Kier molecular flexibility index (Phi) is 5.93. The van der Waals surface area contributed by atoms with Crippen LogP contribution in [0.25, 0.3) is 0 Å². The molecule has 1 saturated heterocycles. The molecule has 1 atom stereocenters. The number of ether oxygens (including phenoxy) is 1. The molecule has 1 unspecified atom stereocenters. The van der Waals surface area contributed by atoms with Crippen LogP contribution < -0.4 is 19.9 Å². The number of quaternary nitrogens is 1. The highest BCUT2D eigenvalue weighted by atomic mass is 16.5. The van der Waals surface area contributed by atoms with Gasteiger partial charge in [0.1, 0.15) is 5.75 Å². The summed E-state index contributed by atoms with van der Waals surface area (Å²) >= 11 is 0. The van der Waals surface area contributed by atoms with E-state index in [2.05, 4.69) is 5.32 Å². The number of hydrogen-bond donors (Lipinski definition) is 2. The van der Waals surface area contributed by atoms with Crippen molar-refractivity contribution in [3.8, 4) is 5.75 Å². The molecule has 0 saturated carbocycles. The molecule has 0 radical (unpaired) electrons. The van der Waals surface area contributed by atoms with Crippen LogP contribution in [0.3, 0.4) is 0 Å². The first-order chi connectivity index (χ1) is 12.2. The van der Waals surface area contributed by atoms with Gasteiger partial charge in [-0.1, -0.05) is 0 Å². The molecule has 0 bridgehead atoms. The zero-order valence-electron chi connectivity index (χ0n) is 15.2. The fourth-order valence-corrected chi connectivity index (χ4v) is 2.58. The van der Waals surface area contributed by atoms with Gasteiger partial charge in [-0.3, -0.25) is 14.4 Å². The number of rotatable bonds is 7. The van der Waals surface area contributed by atoms with E-state index in [0.29, 0.717) is 10.6 Å². The number of carbonyl (C=O) groups excluding carboxylic acids is 4. The average molecular weight is 363 g/mol. The van der Waals surface area contributed by atoms with E-state index in [1.165, 1.54) is 19.2 Å². The molecule has 1 aromatic rings. The van der Waals surface area contributed by atoms with Crippen LogP contribution in [-0.2, 0) is 14.4 Å². The van der Waals surface area contributed by atoms with Gasteiger partial charge in [-0.05, 0) is 38.1 Å². The Bertz CT molecular complexity index is 716. The lowest BCUT2D eigenvalue weighted by Crippen LogP contribution is -3.12. The first-order valence-corrected chi connectivity index (χ1v) is 8.19. The maximum atomic E-state index is 12.5. The zero-order chi connectivity index (χ0) is 19.4. The fourth-order valence-electron chi connectivity index (χ4n) is 2.58. The van der Waals surface area contributed by atoms with Gasteiger partial charge in [-0.15, -0.1) is 0 Å². The molecular formula is C17H23N4O5+. The van der Waals surface area contributed by atoms with E-state index in [1.54, 1.807) is 19.2 Å². The summed E-state index contributed by atoms with van der Waals surface area (Å²) in [6, 6.07) is 5.51. The molecule has 0 aromatic heterocycles. The number of carbonyl (C=O) groups is 4. The summed E-state index contributed by atoms with van der Waals surface area (Å²) in [6.45, 7) is 3.67. The molecule has 1 aromatic carbocycles. The minimum absolute atomic E-state index is 0.00232. The number of nitrogens with one attached hydrogen (secondary N) is 2. The van der Waals surface area contributed by atoms with Gasteiger partial charge in [-0.25, -0.2) is 14.6 Å². The molecule has 1 fully saturated rings. The zero-order valence-corrected chi connectivity index (χ0v) is 15.2. The Morgan fingerprint density at radius 2 is 1.77 bits per heavy atom. The van der Waals surface area contributed by atoms with E-state index in [0.717, 1.165) is 9.80 Å². The van der Waals surface area contributed by atoms with E-state index in [4.69, 9.17) is 4.74 Å². The van der Waals surface area contributed by atoms with Gasteiger partial charge in [0.15, 0.2) is 13.2 Å². The molecule has 9 nitrogen and oxygen atoms in total. The number of urea groups is 1. The molecule has 26 heavy (non-hydrogen) atoms. The Hall–Kier alpha value is -2.94. The molecule has 2 N–H and O–H groups in total. The molecule has 140 valence electrons. The number of nitrogens with zero attached hydrogens (tertiary/aromatic N) is 2.